The number of nitrogens with zero attached hydrogens (tertiary/aromatic N) is 3. The molecule has 0 aliphatic rings. The lowest BCUT2D eigenvalue weighted by Crippen LogP contribution is -2.25. The summed E-state index contributed by atoms with van der Waals surface area (Å²) in [5, 5.41) is 24.8. The number of carbonyl (C=O) groups excluding carboxylic acids is 1. The van der Waals surface area contributed by atoms with Crippen LogP contribution >= 0.6 is 12.2 Å². The largest absolute Gasteiger partial charge is 0.504 e. The van der Waals surface area contributed by atoms with Crippen molar-refractivity contribution in [3.05, 3.63) is 59.8 Å². The van der Waals surface area contributed by atoms with Gasteiger partial charge in [-0.15, -0.1) is 0 Å². The zero-order valence-electron chi connectivity index (χ0n) is 18.4. The highest BCUT2D eigenvalue weighted by atomic mass is 32.1. The summed E-state index contributed by atoms with van der Waals surface area (Å²) in [6.45, 7) is 2.99. The van der Waals surface area contributed by atoms with E-state index in [1.807, 2.05) is 0 Å². The molecule has 0 aliphatic heterocycles. The van der Waals surface area contributed by atoms with Gasteiger partial charge in [0, 0.05) is 30.9 Å². The maximum Gasteiger partial charge on any atom is 0.416 e. The zero-order valence-corrected chi connectivity index (χ0v) is 19.2. The first-order valence-corrected chi connectivity index (χ1v) is 10.3. The van der Waals surface area contributed by atoms with Gasteiger partial charge in [0.2, 0.25) is 5.91 Å². The van der Waals surface area contributed by atoms with Crippen LogP contribution in [0.25, 0.3) is 11.3 Å². The Morgan fingerprint density at radius 1 is 1.09 bits per heavy atom. The summed E-state index contributed by atoms with van der Waals surface area (Å²) in [6.07, 6.45) is -4.45. The Labute approximate surface area is 198 Å². The van der Waals surface area contributed by atoms with Crippen molar-refractivity contribution in [3.8, 4) is 17.0 Å². The molecule has 0 bridgehead atoms. The van der Waals surface area contributed by atoms with Crippen molar-refractivity contribution in [3.63, 3.8) is 0 Å². The number of hydrogen-bond acceptors (Lipinski definition) is 5. The van der Waals surface area contributed by atoms with Gasteiger partial charge < -0.3 is 15.7 Å². The predicted molar refractivity (Wildman–Crippen MR) is 128 cm³/mol. The number of carbonyl (C=O) groups is 1. The molecule has 1 heterocycles. The molecule has 2 aromatic carbocycles. The number of rotatable bonds is 5. The summed E-state index contributed by atoms with van der Waals surface area (Å²) >= 11 is 5.22. The van der Waals surface area contributed by atoms with E-state index < -0.39 is 11.7 Å². The van der Waals surface area contributed by atoms with Gasteiger partial charge in [0.25, 0.3) is 0 Å². The number of aryl methyl sites for hydroxylation is 1. The van der Waals surface area contributed by atoms with Gasteiger partial charge in [0.15, 0.2) is 16.6 Å². The number of benzene rings is 2. The van der Waals surface area contributed by atoms with Crippen molar-refractivity contribution < 1.29 is 23.1 Å². The third-order valence-corrected chi connectivity index (χ3v) is 4.81. The van der Waals surface area contributed by atoms with E-state index >= 15 is 0 Å². The highest BCUT2D eigenvalue weighted by Gasteiger charge is 2.30. The number of halogens is 3. The molecule has 12 heteroatoms. The van der Waals surface area contributed by atoms with E-state index in [9.17, 15) is 23.1 Å². The summed E-state index contributed by atoms with van der Waals surface area (Å²) in [5.74, 6) is -0.434. The molecule has 0 atom stereocenters. The Hall–Kier alpha value is -3.93. The van der Waals surface area contributed by atoms with E-state index in [0.717, 1.165) is 12.1 Å². The first-order valence-electron chi connectivity index (χ1n) is 9.88. The lowest BCUT2D eigenvalue weighted by molar-refractivity contribution is -0.137. The standard InChI is InChI=1S/C22H21F3N6O2S/c1-12(28-29-21(34)27-17-6-4-5-16(11-17)26-13(2)32)18-20(33)19(31(3)30-18)14-7-9-15(10-8-14)22(23,24)25/h4-11,33H,1-3H3,(H,26,32)(H2,27,29,34). The molecular weight excluding hydrogens is 469 g/mol. The number of hydrazone groups is 1. The van der Waals surface area contributed by atoms with E-state index in [0.29, 0.717) is 22.6 Å². The third-order valence-electron chi connectivity index (χ3n) is 4.62. The lowest BCUT2D eigenvalue weighted by Gasteiger charge is -2.09. The second kappa shape index (κ2) is 9.91. The van der Waals surface area contributed by atoms with Crippen LogP contribution in [-0.4, -0.2) is 31.6 Å². The quantitative estimate of drug-likeness (QED) is 0.239. The molecule has 0 spiro atoms. The number of aromatic hydroxyl groups is 1. The Balaban J connectivity index is 1.74. The van der Waals surface area contributed by atoms with Crippen LogP contribution in [0.3, 0.4) is 0 Å². The summed E-state index contributed by atoms with van der Waals surface area (Å²) in [5.41, 5.74) is 4.10. The number of alkyl halides is 3. The number of thiocarbonyl (C=S) groups is 1. The van der Waals surface area contributed by atoms with E-state index in [4.69, 9.17) is 12.2 Å². The molecule has 0 saturated heterocycles. The Morgan fingerprint density at radius 2 is 1.71 bits per heavy atom. The van der Waals surface area contributed by atoms with Crippen molar-refractivity contribution in [1.82, 2.24) is 15.2 Å². The van der Waals surface area contributed by atoms with Crippen molar-refractivity contribution in [2.45, 2.75) is 20.0 Å². The molecule has 3 aromatic rings. The van der Waals surface area contributed by atoms with E-state index in [-0.39, 0.29) is 28.2 Å². The normalized spacial score (nSPS) is 11.8. The van der Waals surface area contributed by atoms with Crippen molar-refractivity contribution in [2.75, 3.05) is 10.6 Å². The number of anilines is 2. The number of hydrogen-bond donors (Lipinski definition) is 4. The smallest absolute Gasteiger partial charge is 0.416 e. The van der Waals surface area contributed by atoms with Crippen LogP contribution in [-0.2, 0) is 18.0 Å². The monoisotopic (exact) mass is 490 g/mol. The highest BCUT2D eigenvalue weighted by molar-refractivity contribution is 7.80. The van der Waals surface area contributed by atoms with E-state index in [2.05, 4.69) is 26.3 Å². The Kier molecular flexibility index (Phi) is 7.20. The molecule has 8 nitrogen and oxygen atoms in total. The summed E-state index contributed by atoms with van der Waals surface area (Å²) < 4.78 is 39.8. The fraction of sp³-hybridized carbons (Fsp3) is 0.182. The van der Waals surface area contributed by atoms with Gasteiger partial charge in [-0.1, -0.05) is 18.2 Å². The molecule has 178 valence electrons. The molecule has 34 heavy (non-hydrogen) atoms. The number of amides is 1. The molecule has 0 unspecified atom stereocenters. The van der Waals surface area contributed by atoms with Crippen LogP contribution < -0.4 is 16.1 Å². The summed E-state index contributed by atoms with van der Waals surface area (Å²) in [7, 11) is 1.56. The third kappa shape index (κ3) is 5.90. The molecule has 4 N–H and O–H groups in total. The zero-order chi connectivity index (χ0) is 25.0. The second-order valence-electron chi connectivity index (χ2n) is 7.27. The van der Waals surface area contributed by atoms with Gasteiger partial charge in [-0.25, -0.2) is 0 Å². The predicted octanol–water partition coefficient (Wildman–Crippen LogP) is 4.48. The second-order valence-corrected chi connectivity index (χ2v) is 7.68. The molecule has 0 radical (unpaired) electrons. The number of nitrogens with one attached hydrogen (secondary N) is 3. The fourth-order valence-corrected chi connectivity index (χ4v) is 3.29. The highest BCUT2D eigenvalue weighted by Crippen LogP contribution is 2.35. The molecule has 0 aliphatic carbocycles. The summed E-state index contributed by atoms with van der Waals surface area (Å²) in [4.78, 5) is 11.2. The van der Waals surface area contributed by atoms with Gasteiger partial charge in [-0.3, -0.25) is 14.9 Å². The van der Waals surface area contributed by atoms with E-state index in [1.54, 1.807) is 38.2 Å². The minimum atomic E-state index is -4.45. The molecule has 0 saturated carbocycles. The van der Waals surface area contributed by atoms with Crippen LogP contribution in [0.5, 0.6) is 5.75 Å². The average Bonchev–Trinajstić information content (AvgIpc) is 3.05. The average molecular weight is 491 g/mol. The first-order chi connectivity index (χ1) is 16.0. The van der Waals surface area contributed by atoms with E-state index in [1.165, 1.54) is 23.7 Å². The van der Waals surface area contributed by atoms with Gasteiger partial charge in [-0.2, -0.15) is 23.4 Å². The van der Waals surface area contributed by atoms with Gasteiger partial charge >= 0.3 is 6.18 Å². The van der Waals surface area contributed by atoms with Gasteiger partial charge in [0.05, 0.1) is 11.3 Å². The topological polar surface area (TPSA) is 104 Å². The van der Waals surface area contributed by atoms with Crippen LogP contribution in [0.2, 0.25) is 0 Å². The maximum absolute atomic E-state index is 12.8. The van der Waals surface area contributed by atoms with Crippen molar-refractivity contribution in [1.29, 1.82) is 0 Å². The lowest BCUT2D eigenvalue weighted by atomic mass is 10.1. The SMILES string of the molecule is CC(=O)Nc1cccc(NC(=S)NN=C(C)c2nn(C)c(-c3ccc(C(F)(F)F)cc3)c2O)c1. The fourth-order valence-electron chi connectivity index (χ4n) is 3.12. The molecular formula is C22H21F3N6O2S. The van der Waals surface area contributed by atoms with Crippen LogP contribution in [0, 0.1) is 0 Å². The Bertz CT molecular complexity index is 1250. The first kappa shape index (κ1) is 24.7. The summed E-state index contributed by atoms with van der Waals surface area (Å²) in [6, 6.07) is 11.3. The van der Waals surface area contributed by atoms with Crippen LogP contribution in [0.1, 0.15) is 25.1 Å². The van der Waals surface area contributed by atoms with Gasteiger partial charge in [0.1, 0.15) is 5.69 Å². The van der Waals surface area contributed by atoms with Crippen molar-refractivity contribution >= 4 is 40.3 Å². The number of aromatic nitrogens is 2. The molecule has 3 rings (SSSR count). The molecule has 1 amide bonds. The molecule has 0 fully saturated rings. The minimum Gasteiger partial charge on any atom is -0.504 e. The van der Waals surface area contributed by atoms with Gasteiger partial charge in [-0.05, 0) is 49.5 Å². The van der Waals surface area contributed by atoms with Crippen molar-refractivity contribution in [2.24, 2.45) is 12.1 Å². The molecule has 1 aromatic heterocycles. The minimum absolute atomic E-state index is 0.139. The van der Waals surface area contributed by atoms with Crippen LogP contribution in [0.15, 0.2) is 53.6 Å². The Morgan fingerprint density at radius 3 is 2.29 bits per heavy atom. The van der Waals surface area contributed by atoms with Crippen LogP contribution in [0.4, 0.5) is 24.5 Å². The maximum atomic E-state index is 12.8.